The lowest BCUT2D eigenvalue weighted by Gasteiger charge is -2.14. The molecule has 0 radical (unpaired) electrons. The summed E-state index contributed by atoms with van der Waals surface area (Å²) < 4.78 is 0. The minimum Gasteiger partial charge on any atom is -0.347 e. The van der Waals surface area contributed by atoms with Crippen molar-refractivity contribution in [3.05, 3.63) is 34.0 Å². The van der Waals surface area contributed by atoms with Gasteiger partial charge < -0.3 is 20.6 Å². The van der Waals surface area contributed by atoms with Gasteiger partial charge in [-0.3, -0.25) is 4.79 Å². The lowest BCUT2D eigenvalue weighted by Crippen LogP contribution is -2.30. The average molecular weight is 222 g/mol. The molecule has 0 saturated carbocycles. The van der Waals surface area contributed by atoms with Gasteiger partial charge in [0.25, 0.3) is 5.91 Å². The Hall–Kier alpha value is -1.82. The third-order valence-electron chi connectivity index (χ3n) is 2.47. The molecule has 6 nitrogen and oxygen atoms in total. The summed E-state index contributed by atoms with van der Waals surface area (Å²) in [6, 6.07) is 0. The summed E-state index contributed by atoms with van der Waals surface area (Å²) in [5.74, 6) is -0.266. The van der Waals surface area contributed by atoms with E-state index in [4.69, 9.17) is 0 Å². The first-order valence-corrected chi connectivity index (χ1v) is 5.20. The van der Waals surface area contributed by atoms with Gasteiger partial charge in [-0.15, -0.1) is 0 Å². The van der Waals surface area contributed by atoms with Crippen LogP contribution in [0.3, 0.4) is 0 Å². The number of carbonyl (C=O) groups excluding carboxylic acids is 1. The molecular weight excluding hydrogens is 208 g/mol. The Bertz CT molecular complexity index is 457. The van der Waals surface area contributed by atoms with Crippen LogP contribution < -0.4 is 16.3 Å². The van der Waals surface area contributed by atoms with E-state index in [1.54, 1.807) is 0 Å². The molecule has 2 heterocycles. The molecule has 0 fully saturated rings. The molecule has 0 spiro atoms. The smallest absolute Gasteiger partial charge is 0.323 e. The number of aromatic nitrogens is 2. The van der Waals surface area contributed by atoms with Crippen LogP contribution in [-0.2, 0) is 0 Å². The van der Waals surface area contributed by atoms with E-state index < -0.39 is 0 Å². The summed E-state index contributed by atoms with van der Waals surface area (Å²) in [7, 11) is 0. The fourth-order valence-corrected chi connectivity index (χ4v) is 1.57. The number of aromatic amines is 2. The summed E-state index contributed by atoms with van der Waals surface area (Å²) in [6.45, 7) is 2.34. The third-order valence-corrected chi connectivity index (χ3v) is 2.47. The van der Waals surface area contributed by atoms with Crippen molar-refractivity contribution in [3.8, 4) is 0 Å². The second-order valence-electron chi connectivity index (χ2n) is 3.66. The molecule has 0 bridgehead atoms. The van der Waals surface area contributed by atoms with Crippen molar-refractivity contribution >= 4 is 5.91 Å². The molecule has 86 valence electrons. The van der Waals surface area contributed by atoms with Crippen molar-refractivity contribution in [2.24, 2.45) is 0 Å². The predicted molar refractivity (Wildman–Crippen MR) is 59.3 cm³/mol. The number of nitrogens with one attached hydrogen (secondary N) is 4. The number of H-pyrrole nitrogens is 2. The second-order valence-corrected chi connectivity index (χ2v) is 3.66. The van der Waals surface area contributed by atoms with E-state index >= 15 is 0 Å². The normalized spacial score (nSPS) is 15.6. The number of carbonyl (C=O) groups is 1. The van der Waals surface area contributed by atoms with E-state index in [-0.39, 0.29) is 17.3 Å². The zero-order valence-corrected chi connectivity index (χ0v) is 8.80. The predicted octanol–water partition coefficient (Wildman–Crippen LogP) is -0.647. The van der Waals surface area contributed by atoms with Gasteiger partial charge in [0.1, 0.15) is 5.69 Å². The van der Waals surface area contributed by atoms with Crippen LogP contribution in [0, 0.1) is 0 Å². The SMILES string of the molecule is O=C(NCC1=CCNCC1)c1c[nH]c(=O)[nH]1. The van der Waals surface area contributed by atoms with Gasteiger partial charge >= 0.3 is 5.69 Å². The van der Waals surface area contributed by atoms with Gasteiger partial charge in [-0.1, -0.05) is 11.6 Å². The Morgan fingerprint density at radius 1 is 1.50 bits per heavy atom. The Kier molecular flexibility index (Phi) is 3.21. The van der Waals surface area contributed by atoms with Crippen molar-refractivity contribution in [1.82, 2.24) is 20.6 Å². The van der Waals surface area contributed by atoms with Gasteiger partial charge in [-0.05, 0) is 13.0 Å². The maximum Gasteiger partial charge on any atom is 0.323 e. The Morgan fingerprint density at radius 2 is 2.38 bits per heavy atom. The molecular formula is C10H14N4O2. The number of rotatable bonds is 3. The van der Waals surface area contributed by atoms with Crippen LogP contribution >= 0.6 is 0 Å². The number of hydrogen-bond donors (Lipinski definition) is 4. The summed E-state index contributed by atoms with van der Waals surface area (Å²) in [5.41, 5.74) is 1.11. The minimum atomic E-state index is -0.369. The van der Waals surface area contributed by atoms with E-state index in [9.17, 15) is 9.59 Å². The maximum absolute atomic E-state index is 11.6. The largest absolute Gasteiger partial charge is 0.347 e. The number of amides is 1. The standard InChI is InChI=1S/C10H14N4O2/c15-9(8-6-13-10(16)14-8)12-5-7-1-3-11-4-2-7/h1,6,11H,2-5H2,(H,12,15)(H2,13,14,16). The van der Waals surface area contributed by atoms with Crippen LogP contribution in [-0.4, -0.2) is 35.5 Å². The minimum absolute atomic E-state index is 0.263. The maximum atomic E-state index is 11.6. The van der Waals surface area contributed by atoms with Crippen molar-refractivity contribution in [2.75, 3.05) is 19.6 Å². The van der Waals surface area contributed by atoms with Crippen molar-refractivity contribution in [2.45, 2.75) is 6.42 Å². The first-order chi connectivity index (χ1) is 7.75. The van der Waals surface area contributed by atoms with Crippen molar-refractivity contribution in [3.63, 3.8) is 0 Å². The van der Waals surface area contributed by atoms with Gasteiger partial charge in [0.15, 0.2) is 0 Å². The average Bonchev–Trinajstić information content (AvgIpc) is 2.74. The summed E-state index contributed by atoms with van der Waals surface area (Å²) >= 11 is 0. The first-order valence-electron chi connectivity index (χ1n) is 5.20. The summed E-state index contributed by atoms with van der Waals surface area (Å²) in [6.07, 6.45) is 4.39. The van der Waals surface area contributed by atoms with Gasteiger partial charge in [0.2, 0.25) is 0 Å². The number of hydrogen-bond acceptors (Lipinski definition) is 3. The molecule has 1 aromatic rings. The Morgan fingerprint density at radius 3 is 3.00 bits per heavy atom. The van der Waals surface area contributed by atoms with Gasteiger partial charge in [0, 0.05) is 19.3 Å². The number of imidazole rings is 1. The zero-order chi connectivity index (χ0) is 11.4. The highest BCUT2D eigenvalue weighted by Gasteiger charge is 2.09. The van der Waals surface area contributed by atoms with Crippen LogP contribution in [0.5, 0.6) is 0 Å². The first kappa shape index (κ1) is 10.7. The zero-order valence-electron chi connectivity index (χ0n) is 8.80. The van der Waals surface area contributed by atoms with Crippen molar-refractivity contribution in [1.29, 1.82) is 0 Å². The van der Waals surface area contributed by atoms with Gasteiger partial charge in [0.05, 0.1) is 0 Å². The lowest BCUT2D eigenvalue weighted by molar-refractivity contribution is 0.0952. The van der Waals surface area contributed by atoms with Crippen LogP contribution in [0.15, 0.2) is 22.6 Å². The molecule has 16 heavy (non-hydrogen) atoms. The molecule has 0 aromatic carbocycles. The monoisotopic (exact) mass is 222 g/mol. The topological polar surface area (TPSA) is 89.8 Å². The van der Waals surface area contributed by atoms with E-state index in [1.165, 1.54) is 11.8 Å². The Labute approximate surface area is 92.1 Å². The van der Waals surface area contributed by atoms with Crippen LogP contribution in [0.2, 0.25) is 0 Å². The summed E-state index contributed by atoms with van der Waals surface area (Å²) in [5, 5.41) is 5.95. The molecule has 0 unspecified atom stereocenters. The molecule has 0 atom stereocenters. The van der Waals surface area contributed by atoms with E-state index in [2.05, 4.69) is 26.7 Å². The Balaban J connectivity index is 1.88. The second kappa shape index (κ2) is 4.80. The van der Waals surface area contributed by atoms with E-state index in [1.807, 2.05) is 0 Å². The fraction of sp³-hybridized carbons (Fsp3) is 0.400. The fourth-order valence-electron chi connectivity index (χ4n) is 1.57. The molecule has 1 aromatic heterocycles. The summed E-state index contributed by atoms with van der Waals surface area (Å²) in [4.78, 5) is 27.1. The van der Waals surface area contributed by atoms with Crippen LogP contribution in [0.1, 0.15) is 16.9 Å². The molecule has 2 rings (SSSR count). The molecule has 0 aliphatic carbocycles. The molecule has 6 heteroatoms. The van der Waals surface area contributed by atoms with Gasteiger partial charge in [-0.25, -0.2) is 4.79 Å². The van der Waals surface area contributed by atoms with Crippen molar-refractivity contribution < 1.29 is 4.79 Å². The third kappa shape index (κ3) is 2.60. The lowest BCUT2D eigenvalue weighted by atomic mass is 10.1. The highest BCUT2D eigenvalue weighted by molar-refractivity contribution is 5.92. The highest BCUT2D eigenvalue weighted by atomic mass is 16.2. The van der Waals surface area contributed by atoms with Crippen LogP contribution in [0.25, 0.3) is 0 Å². The molecule has 1 aliphatic rings. The van der Waals surface area contributed by atoms with Crippen LogP contribution in [0.4, 0.5) is 0 Å². The van der Waals surface area contributed by atoms with E-state index in [0.29, 0.717) is 6.54 Å². The molecule has 0 saturated heterocycles. The van der Waals surface area contributed by atoms with Gasteiger partial charge in [-0.2, -0.15) is 0 Å². The highest BCUT2D eigenvalue weighted by Crippen LogP contribution is 2.02. The quantitative estimate of drug-likeness (QED) is 0.512. The molecule has 4 N–H and O–H groups in total. The van der Waals surface area contributed by atoms with E-state index in [0.717, 1.165) is 19.5 Å². The molecule has 1 aliphatic heterocycles. The molecule has 1 amide bonds.